The molecule has 1 aromatic heterocycles. The molecule has 4 aromatic carbocycles. The molecule has 0 unspecified atom stereocenters. The highest BCUT2D eigenvalue weighted by atomic mass is 16.2. The van der Waals surface area contributed by atoms with Crippen LogP contribution >= 0.6 is 0 Å². The topological polar surface area (TPSA) is 46.4 Å². The van der Waals surface area contributed by atoms with Crippen molar-refractivity contribution in [3.63, 3.8) is 0 Å². The van der Waals surface area contributed by atoms with E-state index >= 15 is 0 Å². The first-order valence-corrected chi connectivity index (χ1v) is 11.5. The third kappa shape index (κ3) is 3.30. The van der Waals surface area contributed by atoms with Gasteiger partial charge in [0, 0.05) is 40.3 Å². The van der Waals surface area contributed by atoms with Gasteiger partial charge < -0.3 is 4.57 Å². The van der Waals surface area contributed by atoms with Gasteiger partial charge in [-0.2, -0.15) is 5.10 Å². The number of aromatic nitrogens is 1. The highest BCUT2D eigenvalue weighted by molar-refractivity contribution is 6.11. The summed E-state index contributed by atoms with van der Waals surface area (Å²) in [5.41, 5.74) is 9.82. The second-order valence-electron chi connectivity index (χ2n) is 8.78. The molecule has 1 aliphatic rings. The summed E-state index contributed by atoms with van der Waals surface area (Å²) >= 11 is 0. The Morgan fingerprint density at radius 1 is 0.818 bits per heavy atom. The van der Waals surface area contributed by atoms with Crippen molar-refractivity contribution in [2.75, 3.05) is 0 Å². The zero-order valence-corrected chi connectivity index (χ0v) is 18.6. The number of para-hydroxylation sites is 2. The van der Waals surface area contributed by atoms with E-state index in [1.54, 1.807) is 0 Å². The number of hydrogen-bond donors (Lipinski definition) is 1. The summed E-state index contributed by atoms with van der Waals surface area (Å²) in [5.74, 6) is -0.0813. The van der Waals surface area contributed by atoms with E-state index in [9.17, 15) is 4.79 Å². The van der Waals surface area contributed by atoms with Gasteiger partial charge in [0.1, 0.15) is 0 Å². The molecule has 0 atom stereocenters. The number of rotatable bonds is 5. The van der Waals surface area contributed by atoms with E-state index in [2.05, 4.69) is 81.8 Å². The highest BCUT2D eigenvalue weighted by Gasteiger charge is 2.17. The molecule has 0 spiro atoms. The summed E-state index contributed by atoms with van der Waals surface area (Å²) in [5, 5.41) is 9.48. The number of nitrogens with one attached hydrogen (secondary N) is 1. The smallest absolute Gasteiger partial charge is 0.241 e. The van der Waals surface area contributed by atoms with Gasteiger partial charge in [-0.15, -0.1) is 0 Å². The Kier molecular flexibility index (Phi) is 4.72. The monoisotopic (exact) mass is 431 g/mol. The van der Waals surface area contributed by atoms with E-state index in [4.69, 9.17) is 0 Å². The molecular formula is C29H25N3O. The molecule has 162 valence electrons. The van der Waals surface area contributed by atoms with Crippen LogP contribution in [0.4, 0.5) is 0 Å². The van der Waals surface area contributed by atoms with Crippen LogP contribution in [0.3, 0.4) is 0 Å². The maximum atomic E-state index is 12.7. The predicted molar refractivity (Wildman–Crippen MR) is 136 cm³/mol. The first kappa shape index (κ1) is 19.7. The van der Waals surface area contributed by atoms with Crippen LogP contribution in [0, 0.1) is 0 Å². The number of carbonyl (C=O) groups is 1. The fourth-order valence-electron chi connectivity index (χ4n) is 5.28. The van der Waals surface area contributed by atoms with Gasteiger partial charge in [-0.1, -0.05) is 66.7 Å². The molecule has 6 rings (SSSR count). The zero-order valence-electron chi connectivity index (χ0n) is 18.6. The van der Waals surface area contributed by atoms with Gasteiger partial charge in [0.05, 0.1) is 5.71 Å². The Morgan fingerprint density at radius 3 is 2.18 bits per heavy atom. The second kappa shape index (κ2) is 7.89. The molecule has 1 aliphatic carbocycles. The highest BCUT2D eigenvalue weighted by Crippen LogP contribution is 2.33. The number of amides is 1. The number of hydrogen-bond acceptors (Lipinski definition) is 2. The van der Waals surface area contributed by atoms with Crippen molar-refractivity contribution in [2.24, 2.45) is 5.10 Å². The number of nitrogens with zero attached hydrogens (tertiary/aromatic N) is 2. The lowest BCUT2D eigenvalue weighted by Crippen LogP contribution is -2.20. The fourth-order valence-corrected chi connectivity index (χ4v) is 5.28. The van der Waals surface area contributed by atoms with Crippen LogP contribution in [0.5, 0.6) is 0 Å². The average molecular weight is 432 g/mol. The van der Waals surface area contributed by atoms with Crippen molar-refractivity contribution >= 4 is 44.2 Å². The van der Waals surface area contributed by atoms with Crippen LogP contribution < -0.4 is 5.43 Å². The standard InChI is InChI=1S/C29H25N3O/c1-19(22-16-15-21-14-13-20-7-6-10-25(22)29(20)21)30-31-28(33)17-18-32-26-11-4-2-8-23(26)24-9-3-5-12-27(24)32/h2-12,15-16H,13-14,17-18H2,1H3,(H,31,33)/b30-19+. The van der Waals surface area contributed by atoms with Gasteiger partial charge >= 0.3 is 0 Å². The Hall–Kier alpha value is -3.92. The fraction of sp³-hybridized carbons (Fsp3) is 0.172. The van der Waals surface area contributed by atoms with Gasteiger partial charge in [0.2, 0.25) is 5.91 Å². The molecular weight excluding hydrogens is 406 g/mol. The van der Waals surface area contributed by atoms with Gasteiger partial charge in [-0.05, 0) is 53.8 Å². The summed E-state index contributed by atoms with van der Waals surface area (Å²) < 4.78 is 2.23. The number of aryl methyl sites for hydroxylation is 3. The number of hydrazone groups is 1. The third-order valence-corrected chi connectivity index (χ3v) is 6.86. The van der Waals surface area contributed by atoms with Crippen LogP contribution in [0.25, 0.3) is 32.6 Å². The molecule has 0 radical (unpaired) electrons. The van der Waals surface area contributed by atoms with Gasteiger partial charge in [-0.3, -0.25) is 4.79 Å². The molecule has 4 heteroatoms. The van der Waals surface area contributed by atoms with Gasteiger partial charge in [-0.25, -0.2) is 5.43 Å². The summed E-state index contributed by atoms with van der Waals surface area (Å²) in [6.07, 6.45) is 2.57. The summed E-state index contributed by atoms with van der Waals surface area (Å²) in [4.78, 5) is 12.7. The number of carbonyl (C=O) groups excluding carboxylic acids is 1. The van der Waals surface area contributed by atoms with Crippen LogP contribution in [-0.4, -0.2) is 16.2 Å². The molecule has 1 N–H and O–H groups in total. The van der Waals surface area contributed by atoms with Crippen molar-refractivity contribution < 1.29 is 4.79 Å². The third-order valence-electron chi connectivity index (χ3n) is 6.86. The van der Waals surface area contributed by atoms with E-state index in [1.165, 1.54) is 32.7 Å². The summed E-state index contributed by atoms with van der Waals surface area (Å²) in [6.45, 7) is 2.57. The van der Waals surface area contributed by atoms with Crippen LogP contribution in [0.2, 0.25) is 0 Å². The van der Waals surface area contributed by atoms with E-state index < -0.39 is 0 Å². The largest absolute Gasteiger partial charge is 0.340 e. The van der Waals surface area contributed by atoms with Crippen molar-refractivity contribution in [3.8, 4) is 0 Å². The van der Waals surface area contributed by atoms with Gasteiger partial charge in [0.15, 0.2) is 0 Å². The zero-order chi connectivity index (χ0) is 22.4. The molecule has 0 saturated heterocycles. The van der Waals surface area contributed by atoms with Crippen LogP contribution in [0.15, 0.2) is 84.0 Å². The van der Waals surface area contributed by atoms with Crippen molar-refractivity contribution in [2.45, 2.75) is 32.7 Å². The molecule has 0 saturated carbocycles. The minimum Gasteiger partial charge on any atom is -0.340 e. The lowest BCUT2D eigenvalue weighted by molar-refractivity contribution is -0.121. The van der Waals surface area contributed by atoms with E-state index in [0.717, 1.165) is 35.2 Å². The second-order valence-corrected chi connectivity index (χ2v) is 8.78. The lowest BCUT2D eigenvalue weighted by atomic mass is 9.98. The summed E-state index contributed by atoms with van der Waals surface area (Å²) in [6, 6.07) is 27.6. The number of benzene rings is 4. The first-order chi connectivity index (χ1) is 16.2. The first-order valence-electron chi connectivity index (χ1n) is 11.5. The van der Waals surface area contributed by atoms with E-state index in [1.807, 2.05) is 19.1 Å². The maximum absolute atomic E-state index is 12.7. The Labute approximate surface area is 192 Å². The van der Waals surface area contributed by atoms with Crippen molar-refractivity contribution in [3.05, 3.63) is 95.6 Å². The SMILES string of the molecule is C/C(=N\NC(=O)CCn1c2ccccc2c2ccccc21)c1ccc2c3c(cccc13)CC2. The normalized spacial score (nSPS) is 13.3. The van der Waals surface area contributed by atoms with Gasteiger partial charge in [0.25, 0.3) is 0 Å². The molecule has 0 fully saturated rings. The Balaban J connectivity index is 1.22. The molecule has 1 heterocycles. The quantitative estimate of drug-likeness (QED) is 0.270. The maximum Gasteiger partial charge on any atom is 0.241 e. The van der Waals surface area contributed by atoms with E-state index in [0.29, 0.717) is 13.0 Å². The molecule has 33 heavy (non-hydrogen) atoms. The molecule has 5 aromatic rings. The minimum absolute atomic E-state index is 0.0813. The number of fused-ring (bicyclic) bond motifs is 3. The molecule has 4 nitrogen and oxygen atoms in total. The Morgan fingerprint density at radius 2 is 1.45 bits per heavy atom. The predicted octanol–water partition coefficient (Wildman–Crippen LogP) is 5.98. The van der Waals surface area contributed by atoms with E-state index in [-0.39, 0.29) is 5.91 Å². The average Bonchev–Trinajstić information content (AvgIpc) is 3.42. The molecule has 0 aliphatic heterocycles. The van der Waals surface area contributed by atoms with Crippen molar-refractivity contribution in [1.82, 2.24) is 9.99 Å². The minimum atomic E-state index is -0.0813. The van der Waals surface area contributed by atoms with Crippen LogP contribution in [0.1, 0.15) is 30.0 Å². The Bertz CT molecular complexity index is 1510. The van der Waals surface area contributed by atoms with Crippen molar-refractivity contribution in [1.29, 1.82) is 0 Å². The lowest BCUT2D eigenvalue weighted by Gasteiger charge is -2.10. The summed E-state index contributed by atoms with van der Waals surface area (Å²) in [7, 11) is 0. The molecule has 1 amide bonds. The molecule has 0 bridgehead atoms. The van der Waals surface area contributed by atoms with Crippen LogP contribution in [-0.2, 0) is 24.2 Å².